The molecule has 0 N–H and O–H groups in total. The number of hydrogen-bond donors (Lipinski definition) is 0. The Morgan fingerprint density at radius 1 is 0.339 bits per heavy atom. The average Bonchev–Trinajstić information content (AvgIpc) is 4.19. The maximum absolute atomic E-state index is 6.75. The maximum Gasteiger partial charge on any atom is 0.237 e. The van der Waals surface area contributed by atoms with Crippen LogP contribution in [0.15, 0.2) is 81.6 Å². The van der Waals surface area contributed by atoms with Gasteiger partial charge in [-0.2, -0.15) is 0 Å². The van der Waals surface area contributed by atoms with E-state index in [0.29, 0.717) is 23.7 Å². The van der Waals surface area contributed by atoms with Crippen molar-refractivity contribution in [1.29, 1.82) is 0 Å². The summed E-state index contributed by atoms with van der Waals surface area (Å²) in [6.07, 6.45) is 26.5. The minimum atomic E-state index is 0.589. The molecule has 0 bridgehead atoms. The molecule has 0 saturated heterocycles. The molecule has 0 spiro atoms. The third-order valence-corrected chi connectivity index (χ3v) is 19.8. The molecule has 6 aromatic heterocycles. The molecule has 12 rings (SSSR count). The summed E-state index contributed by atoms with van der Waals surface area (Å²) in [4.78, 5) is 20.4. The molecule has 62 heavy (non-hydrogen) atoms. The number of hydrogen-bond acceptors (Lipinski definition) is 8. The van der Waals surface area contributed by atoms with Crippen LogP contribution in [0, 0.1) is 0 Å². The fourth-order valence-electron chi connectivity index (χ4n) is 11.5. The van der Waals surface area contributed by atoms with Crippen LogP contribution in [0.3, 0.4) is 0 Å². The van der Waals surface area contributed by atoms with Crippen molar-refractivity contribution >= 4 is 67.5 Å². The molecule has 2 aromatic carbocycles. The van der Waals surface area contributed by atoms with Gasteiger partial charge in [0.1, 0.15) is 11.0 Å². The lowest BCUT2D eigenvalue weighted by Crippen LogP contribution is -2.08. The zero-order valence-electron chi connectivity index (χ0n) is 35.7. The largest absolute Gasteiger partial charge is 0.435 e. The van der Waals surface area contributed by atoms with E-state index < -0.39 is 0 Å². The number of fused-ring (bicyclic) bond motifs is 2. The van der Waals surface area contributed by atoms with E-state index in [9.17, 15) is 0 Å². The van der Waals surface area contributed by atoms with Crippen molar-refractivity contribution in [3.05, 3.63) is 95.1 Å². The lowest BCUT2D eigenvalue weighted by Gasteiger charge is -2.25. The van der Waals surface area contributed by atoms with E-state index in [1.54, 1.807) is 22.7 Å². The van der Waals surface area contributed by atoms with E-state index in [2.05, 4.69) is 72.8 Å². The van der Waals surface area contributed by atoms with Crippen LogP contribution < -0.4 is 0 Å². The van der Waals surface area contributed by atoms with E-state index in [4.69, 9.17) is 18.8 Å². The van der Waals surface area contributed by atoms with Crippen LogP contribution in [-0.2, 0) is 0 Å². The van der Waals surface area contributed by atoms with Gasteiger partial charge in [-0.25, -0.2) is 9.97 Å². The summed E-state index contributed by atoms with van der Waals surface area (Å²) in [7, 11) is 0. The highest BCUT2D eigenvalue weighted by Gasteiger charge is 2.28. The lowest BCUT2D eigenvalue weighted by atomic mass is 9.79. The van der Waals surface area contributed by atoms with E-state index in [-0.39, 0.29) is 0 Å². The fraction of sp³-hybridized carbons (Fsp3) is 0.444. The van der Waals surface area contributed by atoms with Crippen molar-refractivity contribution in [3.63, 3.8) is 0 Å². The highest BCUT2D eigenvalue weighted by atomic mass is 32.1. The topological polar surface area (TPSA) is 52.1 Å². The van der Waals surface area contributed by atoms with E-state index >= 15 is 0 Å². The van der Waals surface area contributed by atoms with Gasteiger partial charge in [0.15, 0.2) is 11.2 Å². The molecular weight excluding hydrogens is 837 g/mol. The first-order chi connectivity index (χ1) is 30.7. The maximum atomic E-state index is 6.75. The van der Waals surface area contributed by atoms with Gasteiger partial charge in [0.2, 0.25) is 11.8 Å². The van der Waals surface area contributed by atoms with Crippen molar-refractivity contribution in [2.24, 2.45) is 0 Å². The van der Waals surface area contributed by atoms with E-state index in [1.807, 2.05) is 22.7 Å². The second-order valence-corrected chi connectivity index (χ2v) is 23.3. The second-order valence-electron chi connectivity index (χ2n) is 19.0. The van der Waals surface area contributed by atoms with Crippen LogP contribution in [0.25, 0.3) is 73.0 Å². The first kappa shape index (κ1) is 39.7. The zero-order chi connectivity index (χ0) is 41.0. The zero-order valence-corrected chi connectivity index (χ0v) is 39.0. The van der Waals surface area contributed by atoms with Gasteiger partial charge in [0.05, 0.1) is 9.75 Å². The first-order valence-electron chi connectivity index (χ1n) is 24.0. The molecule has 6 heterocycles. The average molecular weight is 893 g/mol. The van der Waals surface area contributed by atoms with Crippen molar-refractivity contribution in [2.75, 3.05) is 0 Å². The standard InChI is InChI=1S/C54H56N2O2S4/c1-5-13-33(14-6-1)37-29-39(35-17-9-3-10-18-35)51-41(31-37)55-53(57-51)49-27-25-47(61-49)45-23-21-43(59-45)44-22-24-46(60-44)48-26-28-50(62-48)54-56-42-32-38(34-15-7-2-8-16-34)30-40(52(42)58-54)36-19-11-4-12-20-36/h21-36H,1-20H2. The van der Waals surface area contributed by atoms with Gasteiger partial charge in [-0.3, -0.25) is 0 Å². The van der Waals surface area contributed by atoms with Crippen molar-refractivity contribution in [3.8, 4) is 50.8 Å². The molecule has 0 amide bonds. The van der Waals surface area contributed by atoms with Gasteiger partial charge in [-0.15, -0.1) is 45.3 Å². The van der Waals surface area contributed by atoms with Gasteiger partial charge < -0.3 is 8.83 Å². The fourth-order valence-corrected chi connectivity index (χ4v) is 15.7. The Morgan fingerprint density at radius 3 is 0.968 bits per heavy atom. The monoisotopic (exact) mass is 892 g/mol. The molecule has 0 atom stereocenters. The molecule has 4 fully saturated rings. The van der Waals surface area contributed by atoms with Crippen LogP contribution in [0.5, 0.6) is 0 Å². The highest BCUT2D eigenvalue weighted by molar-refractivity contribution is 7.29. The third kappa shape index (κ3) is 7.79. The van der Waals surface area contributed by atoms with Crippen LogP contribution in [0.4, 0.5) is 0 Å². The summed E-state index contributed by atoms with van der Waals surface area (Å²) >= 11 is 7.36. The van der Waals surface area contributed by atoms with Crippen molar-refractivity contribution in [1.82, 2.24) is 9.97 Å². The molecule has 4 aliphatic rings. The molecule has 4 saturated carbocycles. The summed E-state index contributed by atoms with van der Waals surface area (Å²) in [6, 6.07) is 27.9. The molecule has 8 heteroatoms. The van der Waals surface area contributed by atoms with Gasteiger partial charge in [-0.1, -0.05) is 89.2 Å². The smallest absolute Gasteiger partial charge is 0.237 e. The summed E-state index contributed by atoms with van der Waals surface area (Å²) in [5.74, 6) is 4.05. The lowest BCUT2D eigenvalue weighted by molar-refractivity contribution is 0.434. The number of rotatable bonds is 9. The van der Waals surface area contributed by atoms with Crippen LogP contribution in [-0.4, -0.2) is 9.97 Å². The van der Waals surface area contributed by atoms with Crippen molar-refractivity contribution in [2.45, 2.75) is 152 Å². The molecule has 4 aliphatic carbocycles. The van der Waals surface area contributed by atoms with Gasteiger partial charge >= 0.3 is 0 Å². The molecule has 0 aliphatic heterocycles. The van der Waals surface area contributed by atoms with E-state index in [0.717, 1.165) is 43.7 Å². The Labute approximate surface area is 381 Å². The normalized spacial score (nSPS) is 19.0. The third-order valence-electron chi connectivity index (χ3n) is 14.9. The Balaban J connectivity index is 0.786. The number of nitrogens with zero attached hydrogens (tertiary/aromatic N) is 2. The van der Waals surface area contributed by atoms with Crippen LogP contribution >= 0.6 is 45.3 Å². The Bertz CT molecular complexity index is 2630. The van der Waals surface area contributed by atoms with Gasteiger partial charge in [0, 0.05) is 40.4 Å². The minimum Gasteiger partial charge on any atom is -0.435 e. The number of thiophene rings is 4. The summed E-state index contributed by atoms with van der Waals surface area (Å²) in [6.45, 7) is 0. The SMILES string of the molecule is c1cc(-c2ccc(-c3ccc(-c4ccc(-c5nc6cc(C7CCCCC7)cc(C7CCCCC7)c6o5)s4)s3)s2)sc1-c1nc2cc(C3CCCCC3)cc(C3CCCCC3)c2o1. The Kier molecular flexibility index (Phi) is 11.1. The van der Waals surface area contributed by atoms with E-state index in [1.165, 1.54) is 180 Å². The summed E-state index contributed by atoms with van der Waals surface area (Å²) in [5.41, 5.74) is 10.0. The first-order valence-corrected chi connectivity index (χ1v) is 27.2. The van der Waals surface area contributed by atoms with Crippen LogP contribution in [0.1, 0.15) is 174 Å². The second kappa shape index (κ2) is 17.3. The van der Waals surface area contributed by atoms with Crippen molar-refractivity contribution < 1.29 is 8.83 Å². The quantitative estimate of drug-likeness (QED) is 0.145. The number of aromatic nitrogens is 2. The molecule has 0 unspecified atom stereocenters. The predicted molar refractivity (Wildman–Crippen MR) is 264 cm³/mol. The molecule has 318 valence electrons. The Hall–Kier alpha value is -3.82. The highest BCUT2D eigenvalue weighted by Crippen LogP contribution is 2.48. The molecule has 8 aromatic rings. The summed E-state index contributed by atoms with van der Waals surface area (Å²) < 4.78 is 13.5. The number of oxazole rings is 2. The Morgan fingerprint density at radius 2 is 0.629 bits per heavy atom. The number of benzene rings is 2. The van der Waals surface area contributed by atoms with Gasteiger partial charge in [0.25, 0.3) is 0 Å². The molecule has 0 radical (unpaired) electrons. The molecule has 4 nitrogen and oxygen atoms in total. The minimum absolute atomic E-state index is 0.589. The summed E-state index contributed by atoms with van der Waals surface area (Å²) in [5, 5.41) is 0. The van der Waals surface area contributed by atoms with Gasteiger partial charge in [-0.05, 0) is 147 Å². The molecular formula is C54H56N2O2S4. The predicted octanol–water partition coefficient (Wildman–Crippen LogP) is 18.7. The van der Waals surface area contributed by atoms with Crippen LogP contribution in [0.2, 0.25) is 0 Å².